The van der Waals surface area contributed by atoms with Gasteiger partial charge in [-0.15, -0.1) is 0 Å². The van der Waals surface area contributed by atoms with Crippen LogP contribution in [0.25, 0.3) is 10.9 Å². The quantitative estimate of drug-likeness (QED) is 0.941. The van der Waals surface area contributed by atoms with Crippen LogP contribution in [0.5, 0.6) is 0 Å². The van der Waals surface area contributed by atoms with Gasteiger partial charge in [0.25, 0.3) is 0 Å². The van der Waals surface area contributed by atoms with Crippen molar-refractivity contribution in [3.8, 4) is 0 Å². The van der Waals surface area contributed by atoms with E-state index in [2.05, 4.69) is 42.3 Å². The first-order valence-corrected chi connectivity index (χ1v) is 7.40. The molecule has 1 aliphatic heterocycles. The van der Waals surface area contributed by atoms with Gasteiger partial charge in [-0.1, -0.05) is 26.0 Å². The third-order valence-corrected chi connectivity index (χ3v) is 3.88. The normalized spacial score (nSPS) is 16.6. The number of hydrogen-bond acceptors (Lipinski definition) is 2. The van der Waals surface area contributed by atoms with Crippen molar-refractivity contribution in [2.24, 2.45) is 5.41 Å². The van der Waals surface area contributed by atoms with Crippen LogP contribution >= 0.6 is 0 Å². The Bertz CT molecular complexity index is 658. The molecule has 0 aliphatic carbocycles. The van der Waals surface area contributed by atoms with E-state index in [9.17, 15) is 4.79 Å². The molecule has 1 saturated heterocycles. The van der Waals surface area contributed by atoms with Crippen LogP contribution in [-0.4, -0.2) is 35.5 Å². The summed E-state index contributed by atoms with van der Waals surface area (Å²) in [7, 11) is 0. The van der Waals surface area contributed by atoms with E-state index in [-0.39, 0.29) is 11.4 Å². The largest absolute Gasteiger partial charge is 0.338 e. The molecule has 1 aromatic heterocycles. The summed E-state index contributed by atoms with van der Waals surface area (Å²) < 4.78 is 0. The van der Waals surface area contributed by atoms with Crippen LogP contribution in [0.15, 0.2) is 36.5 Å². The maximum atomic E-state index is 11.9. The first-order valence-electron chi connectivity index (χ1n) is 7.40. The summed E-state index contributed by atoms with van der Waals surface area (Å²) in [5.41, 5.74) is 2.51. The van der Waals surface area contributed by atoms with Crippen LogP contribution in [0.4, 0.5) is 4.79 Å². The highest BCUT2D eigenvalue weighted by Crippen LogP contribution is 2.28. The molecule has 0 bridgehead atoms. The Morgan fingerprint density at radius 1 is 1.33 bits per heavy atom. The number of fused-ring (bicyclic) bond motifs is 1. The minimum atomic E-state index is 0.0526. The van der Waals surface area contributed by atoms with Crippen molar-refractivity contribution in [1.82, 2.24) is 15.2 Å². The molecule has 4 nitrogen and oxygen atoms in total. The molecule has 0 atom stereocenters. The Kier molecular flexibility index (Phi) is 3.53. The van der Waals surface area contributed by atoms with Gasteiger partial charge in [-0.05, 0) is 30.2 Å². The van der Waals surface area contributed by atoms with E-state index in [1.807, 2.05) is 17.0 Å². The number of hydrogen-bond donors (Lipinski definition) is 1. The molecule has 0 saturated carbocycles. The predicted octanol–water partition coefficient (Wildman–Crippen LogP) is 2.83. The Morgan fingerprint density at radius 3 is 2.90 bits per heavy atom. The van der Waals surface area contributed by atoms with Crippen molar-refractivity contribution < 1.29 is 4.79 Å². The summed E-state index contributed by atoms with van der Waals surface area (Å²) in [4.78, 5) is 18.1. The lowest BCUT2D eigenvalue weighted by molar-refractivity contribution is 0.0619. The summed E-state index contributed by atoms with van der Waals surface area (Å²) >= 11 is 0. The minimum Gasteiger partial charge on any atom is -0.338 e. The number of carbonyl (C=O) groups is 1. The SMILES string of the molecule is CC1(C)CN(C(=O)NCCc2ccc3ncccc3c2)C1. The van der Waals surface area contributed by atoms with Gasteiger partial charge in [0.1, 0.15) is 0 Å². The van der Waals surface area contributed by atoms with E-state index in [1.165, 1.54) is 5.56 Å². The summed E-state index contributed by atoms with van der Waals surface area (Å²) in [5.74, 6) is 0. The lowest BCUT2D eigenvalue weighted by Gasteiger charge is -2.45. The molecular formula is C17H21N3O. The lowest BCUT2D eigenvalue weighted by Crippen LogP contribution is -2.58. The molecule has 21 heavy (non-hydrogen) atoms. The predicted molar refractivity (Wildman–Crippen MR) is 84.2 cm³/mol. The molecule has 1 N–H and O–H groups in total. The fourth-order valence-electron chi connectivity index (χ4n) is 2.84. The van der Waals surface area contributed by atoms with Crippen LogP contribution in [0.3, 0.4) is 0 Å². The average molecular weight is 283 g/mol. The van der Waals surface area contributed by atoms with E-state index in [1.54, 1.807) is 6.20 Å². The topological polar surface area (TPSA) is 45.2 Å². The molecule has 1 fully saturated rings. The number of pyridine rings is 1. The monoisotopic (exact) mass is 283 g/mol. The number of amides is 2. The second-order valence-electron chi connectivity index (χ2n) is 6.53. The van der Waals surface area contributed by atoms with Crippen molar-refractivity contribution in [3.63, 3.8) is 0 Å². The van der Waals surface area contributed by atoms with Crippen molar-refractivity contribution >= 4 is 16.9 Å². The third kappa shape index (κ3) is 3.15. The number of urea groups is 1. The number of nitrogens with zero attached hydrogens (tertiary/aromatic N) is 2. The Balaban J connectivity index is 1.51. The number of nitrogens with one attached hydrogen (secondary N) is 1. The van der Waals surface area contributed by atoms with Crippen LogP contribution in [0, 0.1) is 5.41 Å². The molecule has 1 aliphatic rings. The van der Waals surface area contributed by atoms with Crippen molar-refractivity contribution in [2.45, 2.75) is 20.3 Å². The van der Waals surface area contributed by atoms with Gasteiger partial charge in [0.15, 0.2) is 0 Å². The second kappa shape index (κ2) is 5.35. The number of likely N-dealkylation sites (tertiary alicyclic amines) is 1. The number of carbonyl (C=O) groups excluding carboxylic acids is 1. The van der Waals surface area contributed by atoms with E-state index >= 15 is 0 Å². The average Bonchev–Trinajstić information content (AvgIpc) is 2.44. The first-order chi connectivity index (χ1) is 10.0. The zero-order valence-corrected chi connectivity index (χ0v) is 12.6. The Morgan fingerprint density at radius 2 is 2.14 bits per heavy atom. The zero-order valence-electron chi connectivity index (χ0n) is 12.6. The molecule has 2 aromatic rings. The summed E-state index contributed by atoms with van der Waals surface area (Å²) in [5, 5.41) is 4.13. The van der Waals surface area contributed by atoms with E-state index < -0.39 is 0 Å². The molecule has 2 amide bonds. The van der Waals surface area contributed by atoms with E-state index in [0.717, 1.165) is 30.4 Å². The van der Waals surface area contributed by atoms with Crippen LogP contribution < -0.4 is 5.32 Å². The van der Waals surface area contributed by atoms with Gasteiger partial charge in [0.05, 0.1) is 5.52 Å². The van der Waals surface area contributed by atoms with E-state index in [0.29, 0.717) is 6.54 Å². The lowest BCUT2D eigenvalue weighted by atomic mass is 9.85. The molecule has 4 heteroatoms. The molecule has 0 radical (unpaired) electrons. The molecular weight excluding hydrogens is 262 g/mol. The number of aromatic nitrogens is 1. The highest BCUT2D eigenvalue weighted by Gasteiger charge is 2.36. The van der Waals surface area contributed by atoms with Gasteiger partial charge in [-0.3, -0.25) is 4.98 Å². The van der Waals surface area contributed by atoms with Crippen molar-refractivity contribution in [3.05, 3.63) is 42.1 Å². The standard InChI is InChI=1S/C17H21N3O/c1-17(2)11-20(12-17)16(21)19-9-7-13-5-6-15-14(10-13)4-3-8-18-15/h3-6,8,10H,7,9,11-12H2,1-2H3,(H,19,21). The Hall–Kier alpha value is -2.10. The Labute approximate surface area is 125 Å². The number of rotatable bonds is 3. The summed E-state index contributed by atoms with van der Waals surface area (Å²) in [6.07, 6.45) is 2.64. The molecule has 3 rings (SSSR count). The highest BCUT2D eigenvalue weighted by atomic mass is 16.2. The van der Waals surface area contributed by atoms with E-state index in [4.69, 9.17) is 0 Å². The van der Waals surface area contributed by atoms with Crippen molar-refractivity contribution in [1.29, 1.82) is 0 Å². The van der Waals surface area contributed by atoms with Crippen LogP contribution in [0.2, 0.25) is 0 Å². The summed E-state index contributed by atoms with van der Waals surface area (Å²) in [6.45, 7) is 6.72. The minimum absolute atomic E-state index is 0.0526. The molecule has 0 unspecified atom stereocenters. The molecule has 1 aromatic carbocycles. The van der Waals surface area contributed by atoms with Gasteiger partial charge in [-0.25, -0.2) is 4.79 Å². The number of benzene rings is 1. The fraction of sp³-hybridized carbons (Fsp3) is 0.412. The van der Waals surface area contributed by atoms with Gasteiger partial charge < -0.3 is 10.2 Å². The maximum Gasteiger partial charge on any atom is 0.317 e. The first kappa shape index (κ1) is 13.9. The zero-order chi connectivity index (χ0) is 14.9. The smallest absolute Gasteiger partial charge is 0.317 e. The highest BCUT2D eigenvalue weighted by molar-refractivity contribution is 5.79. The van der Waals surface area contributed by atoms with Gasteiger partial charge in [0.2, 0.25) is 0 Å². The van der Waals surface area contributed by atoms with Gasteiger partial charge in [-0.2, -0.15) is 0 Å². The summed E-state index contributed by atoms with van der Waals surface area (Å²) in [6, 6.07) is 10.3. The van der Waals surface area contributed by atoms with Crippen molar-refractivity contribution in [2.75, 3.05) is 19.6 Å². The maximum absolute atomic E-state index is 11.9. The second-order valence-corrected chi connectivity index (χ2v) is 6.53. The molecule has 2 heterocycles. The van der Waals surface area contributed by atoms with Gasteiger partial charge >= 0.3 is 6.03 Å². The van der Waals surface area contributed by atoms with Crippen LogP contribution in [-0.2, 0) is 6.42 Å². The molecule has 110 valence electrons. The fourth-order valence-corrected chi connectivity index (χ4v) is 2.84. The van der Waals surface area contributed by atoms with Gasteiger partial charge in [0, 0.05) is 36.6 Å². The third-order valence-electron chi connectivity index (χ3n) is 3.88. The molecule has 0 spiro atoms. The van der Waals surface area contributed by atoms with Crippen LogP contribution in [0.1, 0.15) is 19.4 Å².